The van der Waals surface area contributed by atoms with E-state index in [2.05, 4.69) is 16.0 Å². The zero-order valence-electron chi connectivity index (χ0n) is 17.7. The maximum atomic E-state index is 12.6. The number of benzene rings is 3. The minimum Gasteiger partial charge on any atom is -0.497 e. The molecule has 3 amide bonds. The lowest BCUT2D eigenvalue weighted by Crippen LogP contribution is -2.39. The summed E-state index contributed by atoms with van der Waals surface area (Å²) in [5.74, 6) is 0.667. The van der Waals surface area contributed by atoms with Crippen LogP contribution >= 0.6 is 0 Å². The highest BCUT2D eigenvalue weighted by Gasteiger charge is 2.16. The van der Waals surface area contributed by atoms with Gasteiger partial charge in [0.15, 0.2) is 0 Å². The molecular formula is C25H27N3O3. The van der Waals surface area contributed by atoms with Crippen LogP contribution in [-0.2, 0) is 11.2 Å². The molecule has 6 heteroatoms. The van der Waals surface area contributed by atoms with Gasteiger partial charge in [-0.05, 0) is 47.4 Å². The van der Waals surface area contributed by atoms with E-state index in [1.807, 2.05) is 78.9 Å². The zero-order valence-corrected chi connectivity index (χ0v) is 17.7. The first-order valence-electron chi connectivity index (χ1n) is 10.1. The molecular weight excluding hydrogens is 390 g/mol. The van der Waals surface area contributed by atoms with E-state index in [0.29, 0.717) is 13.0 Å². The number of rotatable bonds is 8. The summed E-state index contributed by atoms with van der Waals surface area (Å²) in [6.07, 6.45) is 0.687. The van der Waals surface area contributed by atoms with Gasteiger partial charge in [-0.2, -0.15) is 0 Å². The highest BCUT2D eigenvalue weighted by atomic mass is 16.5. The molecule has 0 aliphatic rings. The highest BCUT2D eigenvalue weighted by Crippen LogP contribution is 2.24. The number of carbonyl (C=O) groups excluding carboxylic acids is 2. The third kappa shape index (κ3) is 6.60. The number of hydrogen-bond acceptors (Lipinski definition) is 3. The standard InChI is InChI=1S/C25H27N3O3/c1-18(29)27-22-12-8-19(9-13-22)16-17-26-25(30)28-24(20-6-4-3-5-7-20)21-10-14-23(31-2)15-11-21/h3-15,24H,16-17H2,1-2H3,(H,27,29)(H2,26,28,30). The van der Waals surface area contributed by atoms with Crippen LogP contribution < -0.4 is 20.7 Å². The fourth-order valence-corrected chi connectivity index (χ4v) is 3.26. The van der Waals surface area contributed by atoms with Gasteiger partial charge in [0.25, 0.3) is 0 Å². The predicted octanol–water partition coefficient (Wildman–Crippen LogP) is 4.28. The molecule has 0 aromatic heterocycles. The van der Waals surface area contributed by atoms with E-state index >= 15 is 0 Å². The summed E-state index contributed by atoms with van der Waals surface area (Å²) < 4.78 is 5.24. The average molecular weight is 418 g/mol. The summed E-state index contributed by atoms with van der Waals surface area (Å²) in [6.45, 7) is 1.97. The van der Waals surface area contributed by atoms with E-state index in [9.17, 15) is 9.59 Å². The van der Waals surface area contributed by atoms with Crippen molar-refractivity contribution >= 4 is 17.6 Å². The summed E-state index contributed by atoms with van der Waals surface area (Å²) in [5, 5.41) is 8.73. The Kier molecular flexibility index (Phi) is 7.65. The van der Waals surface area contributed by atoms with E-state index in [1.165, 1.54) is 6.92 Å². The molecule has 0 heterocycles. The first-order chi connectivity index (χ1) is 15.0. The fraction of sp³-hybridized carbons (Fsp3) is 0.200. The molecule has 3 aromatic rings. The quantitative estimate of drug-likeness (QED) is 0.512. The van der Waals surface area contributed by atoms with E-state index in [1.54, 1.807) is 7.11 Å². The first kappa shape index (κ1) is 21.9. The molecule has 0 aliphatic heterocycles. The Bertz CT molecular complexity index is 987. The normalized spacial score (nSPS) is 11.3. The monoisotopic (exact) mass is 417 g/mol. The molecule has 0 radical (unpaired) electrons. The SMILES string of the molecule is COc1ccc(C(NC(=O)NCCc2ccc(NC(C)=O)cc2)c2ccccc2)cc1. The van der Waals surface area contributed by atoms with Gasteiger partial charge in [-0.3, -0.25) is 4.79 Å². The zero-order chi connectivity index (χ0) is 22.1. The van der Waals surface area contributed by atoms with Gasteiger partial charge >= 0.3 is 6.03 Å². The number of urea groups is 1. The molecule has 0 fully saturated rings. The molecule has 0 saturated carbocycles. The molecule has 3 aromatic carbocycles. The molecule has 6 nitrogen and oxygen atoms in total. The maximum absolute atomic E-state index is 12.6. The molecule has 160 valence electrons. The van der Waals surface area contributed by atoms with Crippen LogP contribution in [0.25, 0.3) is 0 Å². The smallest absolute Gasteiger partial charge is 0.315 e. The van der Waals surface area contributed by atoms with Crippen molar-refractivity contribution in [2.24, 2.45) is 0 Å². The number of carbonyl (C=O) groups is 2. The number of ether oxygens (including phenoxy) is 1. The van der Waals surface area contributed by atoms with Gasteiger partial charge in [-0.15, -0.1) is 0 Å². The summed E-state index contributed by atoms with van der Waals surface area (Å²) in [5.41, 5.74) is 3.79. The van der Waals surface area contributed by atoms with Gasteiger partial charge in [0, 0.05) is 19.2 Å². The van der Waals surface area contributed by atoms with Crippen LogP contribution in [0.3, 0.4) is 0 Å². The molecule has 31 heavy (non-hydrogen) atoms. The minimum atomic E-state index is -0.274. The van der Waals surface area contributed by atoms with Crippen molar-refractivity contribution in [1.82, 2.24) is 10.6 Å². The lowest BCUT2D eigenvalue weighted by atomic mass is 9.99. The van der Waals surface area contributed by atoms with Crippen molar-refractivity contribution in [3.05, 3.63) is 95.6 Å². The van der Waals surface area contributed by atoms with Crippen molar-refractivity contribution in [3.8, 4) is 5.75 Å². The lowest BCUT2D eigenvalue weighted by Gasteiger charge is -2.20. The fourth-order valence-electron chi connectivity index (χ4n) is 3.26. The van der Waals surface area contributed by atoms with Crippen molar-refractivity contribution in [2.45, 2.75) is 19.4 Å². The Labute approximate surface area is 182 Å². The molecule has 1 atom stereocenters. The van der Waals surface area contributed by atoms with Gasteiger partial charge in [-0.25, -0.2) is 4.79 Å². The molecule has 3 N–H and O–H groups in total. The van der Waals surface area contributed by atoms with Crippen LogP contribution in [-0.4, -0.2) is 25.6 Å². The number of hydrogen-bond donors (Lipinski definition) is 3. The Morgan fingerprint density at radius 3 is 2.13 bits per heavy atom. The number of anilines is 1. The second-order valence-electron chi connectivity index (χ2n) is 7.15. The third-order valence-electron chi connectivity index (χ3n) is 4.83. The van der Waals surface area contributed by atoms with Gasteiger partial charge in [0.1, 0.15) is 5.75 Å². The predicted molar refractivity (Wildman–Crippen MR) is 122 cm³/mol. The third-order valence-corrected chi connectivity index (χ3v) is 4.83. The lowest BCUT2D eigenvalue weighted by molar-refractivity contribution is -0.114. The molecule has 0 bridgehead atoms. The number of methoxy groups -OCH3 is 1. The minimum absolute atomic E-state index is 0.101. The van der Waals surface area contributed by atoms with E-state index < -0.39 is 0 Å². The van der Waals surface area contributed by atoms with Gasteiger partial charge in [-0.1, -0.05) is 54.6 Å². The van der Waals surface area contributed by atoms with E-state index in [0.717, 1.165) is 28.1 Å². The van der Waals surface area contributed by atoms with Crippen LogP contribution in [0.2, 0.25) is 0 Å². The summed E-state index contributed by atoms with van der Waals surface area (Å²) in [4.78, 5) is 23.7. The average Bonchev–Trinajstić information content (AvgIpc) is 2.79. The van der Waals surface area contributed by atoms with Gasteiger partial charge < -0.3 is 20.7 Å². The van der Waals surface area contributed by atoms with Crippen molar-refractivity contribution in [2.75, 3.05) is 19.0 Å². The van der Waals surface area contributed by atoms with E-state index in [-0.39, 0.29) is 18.0 Å². The summed E-state index contributed by atoms with van der Waals surface area (Å²) in [7, 11) is 1.63. The van der Waals surface area contributed by atoms with Crippen molar-refractivity contribution < 1.29 is 14.3 Å². The highest BCUT2D eigenvalue weighted by molar-refractivity contribution is 5.88. The molecule has 3 rings (SSSR count). The molecule has 0 aliphatic carbocycles. The first-order valence-corrected chi connectivity index (χ1v) is 10.1. The Balaban J connectivity index is 1.59. The second-order valence-corrected chi connectivity index (χ2v) is 7.15. The maximum Gasteiger partial charge on any atom is 0.315 e. The largest absolute Gasteiger partial charge is 0.497 e. The summed E-state index contributed by atoms with van der Waals surface area (Å²) in [6, 6.07) is 24.6. The van der Waals surface area contributed by atoms with Crippen molar-refractivity contribution in [1.29, 1.82) is 0 Å². The van der Waals surface area contributed by atoms with Crippen molar-refractivity contribution in [3.63, 3.8) is 0 Å². The van der Waals surface area contributed by atoms with Gasteiger partial charge in [0.05, 0.1) is 13.2 Å². The van der Waals surface area contributed by atoms with Crippen LogP contribution in [0.5, 0.6) is 5.75 Å². The number of nitrogens with one attached hydrogen (secondary N) is 3. The topological polar surface area (TPSA) is 79.5 Å². The van der Waals surface area contributed by atoms with Crippen LogP contribution in [0.4, 0.5) is 10.5 Å². The second kappa shape index (κ2) is 10.8. The van der Waals surface area contributed by atoms with Crippen LogP contribution in [0, 0.1) is 0 Å². The molecule has 0 spiro atoms. The Hall–Kier alpha value is -3.80. The summed E-state index contributed by atoms with van der Waals surface area (Å²) >= 11 is 0. The molecule has 0 saturated heterocycles. The van der Waals surface area contributed by atoms with E-state index in [4.69, 9.17) is 4.74 Å². The molecule has 1 unspecified atom stereocenters. The Morgan fingerprint density at radius 1 is 0.871 bits per heavy atom. The van der Waals surface area contributed by atoms with Gasteiger partial charge in [0.2, 0.25) is 5.91 Å². The van der Waals surface area contributed by atoms with Crippen LogP contribution in [0.1, 0.15) is 29.7 Å². The van der Waals surface area contributed by atoms with Crippen LogP contribution in [0.15, 0.2) is 78.9 Å². The number of amides is 3. The Morgan fingerprint density at radius 2 is 1.52 bits per heavy atom.